The lowest BCUT2D eigenvalue weighted by Gasteiger charge is -2.15. The molecule has 0 aliphatic heterocycles. The van der Waals surface area contributed by atoms with E-state index in [0.717, 1.165) is 16.8 Å². The molecule has 3 rings (SSSR count). The van der Waals surface area contributed by atoms with Crippen molar-refractivity contribution in [1.29, 1.82) is 0 Å². The van der Waals surface area contributed by atoms with Crippen LogP contribution in [-0.2, 0) is 14.4 Å². The van der Waals surface area contributed by atoms with Gasteiger partial charge in [0.25, 0.3) is 5.91 Å². The predicted octanol–water partition coefficient (Wildman–Crippen LogP) is 4.42. The number of rotatable bonds is 10. The number of anilines is 2. The number of nitrogens with one attached hydrogen (secondary N) is 3. The van der Waals surface area contributed by atoms with Crippen LogP contribution >= 0.6 is 22.6 Å². The number of methoxy groups -OCH3 is 1. The van der Waals surface area contributed by atoms with Gasteiger partial charge in [-0.3, -0.25) is 14.4 Å². The third-order valence-electron chi connectivity index (χ3n) is 5.49. The normalized spacial score (nSPS) is 10.6. The van der Waals surface area contributed by atoms with Crippen LogP contribution in [0.5, 0.6) is 17.2 Å². The molecule has 0 fully saturated rings. The van der Waals surface area contributed by atoms with Gasteiger partial charge in [-0.05, 0) is 103 Å². The Hall–Kier alpha value is -4.13. The smallest absolute Gasteiger partial charge is 0.329 e. The largest absolute Gasteiger partial charge is 0.497 e. The topological polar surface area (TPSA) is 127 Å². The van der Waals surface area contributed by atoms with Crippen molar-refractivity contribution in [3.63, 3.8) is 0 Å². The maximum absolute atomic E-state index is 12.5. The van der Waals surface area contributed by atoms with Gasteiger partial charge in [-0.1, -0.05) is 12.1 Å². The summed E-state index contributed by atoms with van der Waals surface area (Å²) in [6.07, 6.45) is 1.38. The van der Waals surface area contributed by atoms with E-state index in [4.69, 9.17) is 14.2 Å². The molecule has 0 aliphatic rings. The number of benzene rings is 3. The summed E-state index contributed by atoms with van der Waals surface area (Å²) in [7, 11) is 1.53. The summed E-state index contributed by atoms with van der Waals surface area (Å²) >= 11 is 2.07. The van der Waals surface area contributed by atoms with Gasteiger partial charge in [-0.15, -0.1) is 0 Å². The van der Waals surface area contributed by atoms with Crippen molar-refractivity contribution in [1.82, 2.24) is 5.43 Å². The number of carbonyl (C=O) groups excluding carboxylic acids is 3. The Morgan fingerprint density at radius 2 is 1.72 bits per heavy atom. The molecule has 0 atom stereocenters. The van der Waals surface area contributed by atoms with Crippen molar-refractivity contribution >= 4 is 57.9 Å². The van der Waals surface area contributed by atoms with Gasteiger partial charge in [0.15, 0.2) is 18.1 Å². The standard InChI is InChI=1S/C28H29IN4O6/c1-5-38-24-14-19(15-30-33-28(36)27(35)31-20-9-11-21(37-4)12-10-20)13-22(29)26(24)39-16-25(34)32-23-8-6-7-17(2)18(23)3/h6-15H,5,16H2,1-4H3,(H,31,35)(H,32,34)(H,33,36)/b30-15-. The van der Waals surface area contributed by atoms with Gasteiger partial charge in [0, 0.05) is 11.4 Å². The minimum atomic E-state index is -0.934. The number of halogens is 1. The van der Waals surface area contributed by atoms with Crippen molar-refractivity contribution < 1.29 is 28.6 Å². The number of nitrogens with zero attached hydrogens (tertiary/aromatic N) is 1. The maximum Gasteiger partial charge on any atom is 0.329 e. The van der Waals surface area contributed by atoms with Crippen LogP contribution in [-0.4, -0.2) is 44.3 Å². The fourth-order valence-corrected chi connectivity index (χ4v) is 4.14. The molecular weight excluding hydrogens is 615 g/mol. The fraction of sp³-hybridized carbons (Fsp3) is 0.214. The van der Waals surface area contributed by atoms with Crippen LogP contribution in [0.2, 0.25) is 0 Å². The quantitative estimate of drug-likeness (QED) is 0.130. The summed E-state index contributed by atoms with van der Waals surface area (Å²) in [5, 5.41) is 9.21. The highest BCUT2D eigenvalue weighted by Gasteiger charge is 2.16. The van der Waals surface area contributed by atoms with Gasteiger partial charge >= 0.3 is 11.8 Å². The zero-order chi connectivity index (χ0) is 28.4. The van der Waals surface area contributed by atoms with E-state index in [-0.39, 0.29) is 12.5 Å². The second-order valence-corrected chi connectivity index (χ2v) is 9.39. The first-order valence-corrected chi connectivity index (χ1v) is 13.0. The predicted molar refractivity (Wildman–Crippen MR) is 158 cm³/mol. The van der Waals surface area contributed by atoms with E-state index >= 15 is 0 Å². The van der Waals surface area contributed by atoms with Crippen LogP contribution in [0.15, 0.2) is 59.7 Å². The van der Waals surface area contributed by atoms with Gasteiger partial charge in [-0.25, -0.2) is 5.43 Å². The lowest BCUT2D eigenvalue weighted by Crippen LogP contribution is -2.32. The zero-order valence-corrected chi connectivity index (χ0v) is 24.1. The molecule has 0 bridgehead atoms. The highest BCUT2D eigenvalue weighted by Crippen LogP contribution is 2.34. The van der Waals surface area contributed by atoms with Crippen molar-refractivity contribution in [2.75, 3.05) is 31.0 Å². The molecule has 0 saturated heterocycles. The molecule has 0 spiro atoms. The average Bonchev–Trinajstić information content (AvgIpc) is 2.91. The van der Waals surface area contributed by atoms with Gasteiger partial charge in [0.05, 0.1) is 23.5 Å². The minimum absolute atomic E-state index is 0.212. The molecule has 0 aromatic heterocycles. The molecule has 0 radical (unpaired) electrons. The monoisotopic (exact) mass is 644 g/mol. The highest BCUT2D eigenvalue weighted by molar-refractivity contribution is 14.1. The van der Waals surface area contributed by atoms with Gasteiger partial charge in [-0.2, -0.15) is 5.10 Å². The Labute approximate surface area is 240 Å². The highest BCUT2D eigenvalue weighted by atomic mass is 127. The van der Waals surface area contributed by atoms with Gasteiger partial charge < -0.3 is 24.8 Å². The number of ether oxygens (including phenoxy) is 3. The molecule has 3 N–H and O–H groups in total. The van der Waals surface area contributed by atoms with Crippen molar-refractivity contribution in [2.45, 2.75) is 20.8 Å². The summed E-state index contributed by atoms with van der Waals surface area (Å²) in [6, 6.07) is 15.7. The molecule has 3 aromatic carbocycles. The van der Waals surface area contributed by atoms with E-state index < -0.39 is 11.8 Å². The Bertz CT molecular complexity index is 1380. The lowest BCUT2D eigenvalue weighted by atomic mass is 10.1. The molecule has 11 heteroatoms. The van der Waals surface area contributed by atoms with Crippen molar-refractivity contribution in [3.8, 4) is 17.2 Å². The lowest BCUT2D eigenvalue weighted by molar-refractivity contribution is -0.136. The summed E-state index contributed by atoms with van der Waals surface area (Å²) in [4.78, 5) is 36.8. The molecule has 0 heterocycles. The number of carbonyl (C=O) groups is 3. The number of hydrogen-bond donors (Lipinski definition) is 3. The Balaban J connectivity index is 1.61. The molecule has 3 aromatic rings. The molecule has 204 valence electrons. The maximum atomic E-state index is 12.5. The number of hydrazone groups is 1. The summed E-state index contributed by atoms with van der Waals surface area (Å²) < 4.78 is 17.2. The van der Waals surface area contributed by atoms with Crippen molar-refractivity contribution in [3.05, 3.63) is 74.9 Å². The molecular formula is C28H29IN4O6. The van der Waals surface area contributed by atoms with E-state index in [9.17, 15) is 14.4 Å². The SMILES string of the molecule is CCOc1cc(/C=N\NC(=O)C(=O)Nc2ccc(OC)cc2)cc(I)c1OCC(=O)Nc1cccc(C)c1C. The second-order valence-electron chi connectivity index (χ2n) is 8.23. The van der Waals surface area contributed by atoms with Crippen LogP contribution < -0.4 is 30.3 Å². The average molecular weight is 644 g/mol. The van der Waals surface area contributed by atoms with Gasteiger partial charge in [0.1, 0.15) is 5.75 Å². The minimum Gasteiger partial charge on any atom is -0.497 e. The first kappa shape index (κ1) is 29.4. The Kier molecular flexibility index (Phi) is 10.7. The molecule has 3 amide bonds. The molecule has 0 aliphatic carbocycles. The van der Waals surface area contributed by atoms with Crippen LogP contribution in [0, 0.1) is 17.4 Å². The number of hydrogen-bond acceptors (Lipinski definition) is 7. The number of amides is 3. The Morgan fingerprint density at radius 1 is 0.974 bits per heavy atom. The first-order chi connectivity index (χ1) is 18.7. The van der Waals surface area contributed by atoms with Crippen LogP contribution in [0.4, 0.5) is 11.4 Å². The van der Waals surface area contributed by atoms with Gasteiger partial charge in [0.2, 0.25) is 0 Å². The van der Waals surface area contributed by atoms with E-state index in [0.29, 0.717) is 38.7 Å². The molecule has 39 heavy (non-hydrogen) atoms. The molecule has 0 saturated carbocycles. The van der Waals surface area contributed by atoms with Crippen LogP contribution in [0.1, 0.15) is 23.6 Å². The van der Waals surface area contributed by atoms with E-state index in [1.807, 2.05) is 39.0 Å². The molecule has 0 unspecified atom stereocenters. The van der Waals surface area contributed by atoms with E-state index in [1.165, 1.54) is 13.3 Å². The first-order valence-electron chi connectivity index (χ1n) is 12.0. The summed E-state index contributed by atoms with van der Waals surface area (Å²) in [6.45, 7) is 5.90. The van der Waals surface area contributed by atoms with Crippen molar-refractivity contribution in [2.24, 2.45) is 5.10 Å². The zero-order valence-electron chi connectivity index (χ0n) is 22.0. The Morgan fingerprint density at radius 3 is 2.41 bits per heavy atom. The third-order valence-corrected chi connectivity index (χ3v) is 6.29. The summed E-state index contributed by atoms with van der Waals surface area (Å²) in [5.41, 5.74) is 6.02. The third kappa shape index (κ3) is 8.43. The number of aryl methyl sites for hydroxylation is 1. The van der Waals surface area contributed by atoms with Crippen LogP contribution in [0.25, 0.3) is 0 Å². The van der Waals surface area contributed by atoms with E-state index in [2.05, 4.69) is 43.8 Å². The van der Waals surface area contributed by atoms with E-state index in [1.54, 1.807) is 36.4 Å². The second kappa shape index (κ2) is 14.1. The summed E-state index contributed by atoms with van der Waals surface area (Å²) in [5.74, 6) is -0.660. The fourth-order valence-electron chi connectivity index (χ4n) is 3.35. The van der Waals surface area contributed by atoms with Crippen LogP contribution in [0.3, 0.4) is 0 Å². The molecule has 10 nitrogen and oxygen atoms in total.